The van der Waals surface area contributed by atoms with Gasteiger partial charge in [-0.15, -0.1) is 0 Å². The third-order valence-electron chi connectivity index (χ3n) is 6.49. The molecule has 30 heavy (non-hydrogen) atoms. The number of amides is 2. The van der Waals surface area contributed by atoms with Crippen molar-refractivity contribution in [2.45, 2.75) is 55.6 Å². The Morgan fingerprint density at radius 3 is 2.47 bits per heavy atom. The van der Waals surface area contributed by atoms with Crippen molar-refractivity contribution < 1.29 is 22.7 Å². The van der Waals surface area contributed by atoms with E-state index in [4.69, 9.17) is 10.5 Å². The van der Waals surface area contributed by atoms with E-state index in [1.54, 1.807) is 13.0 Å². The first kappa shape index (κ1) is 21.1. The molecule has 9 nitrogen and oxygen atoms in total. The maximum atomic E-state index is 13.2. The summed E-state index contributed by atoms with van der Waals surface area (Å²) in [5.74, 6) is -0.246. The van der Waals surface area contributed by atoms with Crippen LogP contribution in [0.4, 0.5) is 5.69 Å². The number of carbonyl (C=O) groups excluding carboxylic acids is 2. The van der Waals surface area contributed by atoms with Crippen LogP contribution < -0.4 is 15.8 Å². The van der Waals surface area contributed by atoms with E-state index in [2.05, 4.69) is 10.2 Å². The van der Waals surface area contributed by atoms with E-state index in [1.807, 2.05) is 0 Å². The number of piperidine rings is 2. The molecule has 0 spiro atoms. The van der Waals surface area contributed by atoms with Gasteiger partial charge in [0, 0.05) is 13.1 Å². The Morgan fingerprint density at radius 1 is 1.17 bits per heavy atom. The number of carbonyl (C=O) groups is 2. The molecule has 0 aliphatic carbocycles. The fraction of sp³-hybridized carbons (Fsp3) is 0.600. The zero-order chi connectivity index (χ0) is 21.5. The minimum atomic E-state index is -3.78. The molecule has 0 aromatic heterocycles. The number of primary amides is 1. The van der Waals surface area contributed by atoms with Crippen LogP contribution in [0.25, 0.3) is 0 Å². The van der Waals surface area contributed by atoms with E-state index < -0.39 is 21.7 Å². The molecule has 164 valence electrons. The molecule has 0 saturated carbocycles. The molecule has 2 fully saturated rings. The number of fused-ring (bicyclic) bond motifs is 1. The van der Waals surface area contributed by atoms with E-state index >= 15 is 0 Å². The second-order valence-corrected chi connectivity index (χ2v) is 10.2. The number of likely N-dealkylation sites (tertiary alicyclic amines) is 1. The van der Waals surface area contributed by atoms with Crippen molar-refractivity contribution in [3.05, 3.63) is 18.2 Å². The first-order valence-corrected chi connectivity index (χ1v) is 11.8. The van der Waals surface area contributed by atoms with Crippen molar-refractivity contribution in [2.75, 3.05) is 31.5 Å². The molecule has 1 atom stereocenters. The fourth-order valence-corrected chi connectivity index (χ4v) is 6.10. The Kier molecular flexibility index (Phi) is 5.50. The van der Waals surface area contributed by atoms with Gasteiger partial charge in [0.25, 0.3) is 5.91 Å². The zero-order valence-electron chi connectivity index (χ0n) is 17.1. The van der Waals surface area contributed by atoms with Crippen molar-refractivity contribution >= 4 is 27.5 Å². The molecule has 3 heterocycles. The third-order valence-corrected chi connectivity index (χ3v) is 8.38. The molecular formula is C20H28N4O5S. The SMILES string of the molecule is CC1Oc2ccc(S(=O)(=O)N3CCC(C(N)=O)(N4CCCCC4)CC3)cc2NC1=O. The van der Waals surface area contributed by atoms with Gasteiger partial charge in [-0.3, -0.25) is 14.5 Å². The first-order valence-electron chi connectivity index (χ1n) is 10.4. The predicted octanol–water partition coefficient (Wildman–Crippen LogP) is 0.901. The molecule has 2 saturated heterocycles. The van der Waals surface area contributed by atoms with Crippen molar-refractivity contribution in [2.24, 2.45) is 5.73 Å². The van der Waals surface area contributed by atoms with Crippen LogP contribution in [0.2, 0.25) is 0 Å². The maximum Gasteiger partial charge on any atom is 0.265 e. The van der Waals surface area contributed by atoms with Crippen LogP contribution in [-0.2, 0) is 19.6 Å². The number of benzene rings is 1. The van der Waals surface area contributed by atoms with E-state index in [1.165, 1.54) is 16.4 Å². The minimum Gasteiger partial charge on any atom is -0.479 e. The summed E-state index contributed by atoms with van der Waals surface area (Å²) in [5.41, 5.74) is 5.36. The molecule has 3 N–H and O–H groups in total. The number of nitrogens with zero attached hydrogens (tertiary/aromatic N) is 2. The largest absolute Gasteiger partial charge is 0.479 e. The predicted molar refractivity (Wildman–Crippen MR) is 111 cm³/mol. The number of sulfonamides is 1. The lowest BCUT2D eigenvalue weighted by molar-refractivity contribution is -0.134. The van der Waals surface area contributed by atoms with E-state index in [0.717, 1.165) is 32.4 Å². The van der Waals surface area contributed by atoms with Crippen LogP contribution in [0, 0.1) is 0 Å². The molecule has 0 bridgehead atoms. The maximum absolute atomic E-state index is 13.2. The molecular weight excluding hydrogens is 408 g/mol. The van der Waals surface area contributed by atoms with E-state index in [0.29, 0.717) is 24.3 Å². The quantitative estimate of drug-likeness (QED) is 0.723. The summed E-state index contributed by atoms with van der Waals surface area (Å²) < 4.78 is 33.3. The molecule has 1 unspecified atom stereocenters. The molecule has 10 heteroatoms. The van der Waals surface area contributed by atoms with Crippen molar-refractivity contribution in [1.29, 1.82) is 0 Å². The van der Waals surface area contributed by atoms with Crippen LogP contribution in [0.5, 0.6) is 5.75 Å². The highest BCUT2D eigenvalue weighted by Gasteiger charge is 2.47. The van der Waals surface area contributed by atoms with Crippen LogP contribution in [0.15, 0.2) is 23.1 Å². The molecule has 2 amide bonds. The zero-order valence-corrected chi connectivity index (χ0v) is 17.9. The number of rotatable bonds is 4. The van der Waals surface area contributed by atoms with Gasteiger partial charge in [-0.1, -0.05) is 6.42 Å². The van der Waals surface area contributed by atoms with Crippen LogP contribution in [0.3, 0.4) is 0 Å². The second kappa shape index (κ2) is 7.82. The summed E-state index contributed by atoms with van der Waals surface area (Å²) >= 11 is 0. The fourth-order valence-electron chi connectivity index (χ4n) is 4.63. The number of anilines is 1. The Labute approximate surface area is 176 Å². The summed E-state index contributed by atoms with van der Waals surface area (Å²) in [7, 11) is -3.78. The van der Waals surface area contributed by atoms with Crippen LogP contribution in [-0.4, -0.2) is 67.3 Å². The van der Waals surface area contributed by atoms with Gasteiger partial charge in [0.05, 0.1) is 10.6 Å². The van der Waals surface area contributed by atoms with Crippen molar-refractivity contribution in [3.8, 4) is 5.75 Å². The summed E-state index contributed by atoms with van der Waals surface area (Å²) in [6.45, 7) is 3.71. The molecule has 3 aliphatic rings. The van der Waals surface area contributed by atoms with Gasteiger partial charge in [-0.2, -0.15) is 4.31 Å². The average molecular weight is 437 g/mol. The summed E-state index contributed by atoms with van der Waals surface area (Å²) in [6, 6.07) is 4.47. The van der Waals surface area contributed by atoms with Gasteiger partial charge in [-0.25, -0.2) is 8.42 Å². The smallest absolute Gasteiger partial charge is 0.265 e. The number of hydrogen-bond acceptors (Lipinski definition) is 6. The van der Waals surface area contributed by atoms with Gasteiger partial charge in [-0.05, 0) is 63.9 Å². The normalized spacial score (nSPS) is 25.1. The standard InChI is InChI=1S/C20H28N4O5S/c1-14-18(25)22-16-13-15(5-6-17(16)29-14)30(27,28)24-11-7-20(8-12-24,19(21)26)23-9-3-2-4-10-23/h5-6,13-14H,2-4,7-12H2,1H3,(H2,21,26)(H,22,25). The van der Waals surface area contributed by atoms with Crippen molar-refractivity contribution in [3.63, 3.8) is 0 Å². The average Bonchev–Trinajstić information content (AvgIpc) is 2.74. The van der Waals surface area contributed by atoms with E-state index in [9.17, 15) is 18.0 Å². The van der Waals surface area contributed by atoms with Crippen LogP contribution in [0.1, 0.15) is 39.0 Å². The Bertz CT molecular complexity index is 950. The van der Waals surface area contributed by atoms with Gasteiger partial charge < -0.3 is 15.8 Å². The first-order chi connectivity index (χ1) is 14.2. The van der Waals surface area contributed by atoms with E-state index in [-0.39, 0.29) is 29.8 Å². The monoisotopic (exact) mass is 436 g/mol. The minimum absolute atomic E-state index is 0.0873. The Morgan fingerprint density at radius 2 is 1.83 bits per heavy atom. The van der Waals surface area contributed by atoms with Gasteiger partial charge >= 0.3 is 0 Å². The summed E-state index contributed by atoms with van der Waals surface area (Å²) in [4.78, 5) is 26.5. The highest BCUT2D eigenvalue weighted by atomic mass is 32.2. The number of hydrogen-bond donors (Lipinski definition) is 2. The Hall–Kier alpha value is -2.17. The molecule has 1 aromatic rings. The van der Waals surface area contributed by atoms with Gasteiger partial charge in [0.1, 0.15) is 11.3 Å². The third kappa shape index (κ3) is 3.57. The number of ether oxygens (including phenoxy) is 1. The van der Waals surface area contributed by atoms with Gasteiger partial charge in [0.2, 0.25) is 15.9 Å². The molecule has 1 aromatic carbocycles. The number of nitrogens with two attached hydrogens (primary N) is 1. The number of nitrogens with one attached hydrogen (secondary N) is 1. The summed E-state index contributed by atoms with van der Waals surface area (Å²) in [6.07, 6.45) is 3.33. The van der Waals surface area contributed by atoms with Crippen molar-refractivity contribution in [1.82, 2.24) is 9.21 Å². The highest BCUT2D eigenvalue weighted by Crippen LogP contribution is 2.36. The molecule has 4 rings (SSSR count). The highest BCUT2D eigenvalue weighted by molar-refractivity contribution is 7.89. The summed E-state index contributed by atoms with van der Waals surface area (Å²) in [5, 5.41) is 2.68. The molecule has 0 radical (unpaired) electrons. The van der Waals surface area contributed by atoms with Gasteiger partial charge in [0.15, 0.2) is 6.10 Å². The Balaban J connectivity index is 1.53. The second-order valence-electron chi connectivity index (χ2n) is 8.25. The van der Waals surface area contributed by atoms with Crippen LogP contribution >= 0.6 is 0 Å². The topological polar surface area (TPSA) is 122 Å². The lowest BCUT2D eigenvalue weighted by atomic mass is 9.84. The lowest BCUT2D eigenvalue weighted by Crippen LogP contribution is -2.63. The molecule has 3 aliphatic heterocycles. The lowest BCUT2D eigenvalue weighted by Gasteiger charge is -2.47.